The van der Waals surface area contributed by atoms with Crippen LogP contribution in [-0.4, -0.2) is 23.6 Å². The minimum absolute atomic E-state index is 0.0490. The Balaban J connectivity index is 1.92. The van der Waals surface area contributed by atoms with E-state index in [1.807, 2.05) is 65.0 Å². The smallest absolute Gasteiger partial charge is 0.230 e. The molecule has 1 saturated heterocycles. The van der Waals surface area contributed by atoms with Gasteiger partial charge in [0.05, 0.1) is 18.4 Å². The third kappa shape index (κ3) is 4.41. The van der Waals surface area contributed by atoms with Crippen LogP contribution in [0.2, 0.25) is 0 Å². The molecule has 138 valence electrons. The SMILES string of the molecule is CC(C)Oc1cc(C2CO2)ccc1-c1cccc(NC(=O)C(C)(C)C)n1. The van der Waals surface area contributed by atoms with Gasteiger partial charge in [0.1, 0.15) is 17.7 Å². The van der Waals surface area contributed by atoms with Gasteiger partial charge in [0, 0.05) is 11.0 Å². The number of nitrogens with zero attached hydrogens (tertiary/aromatic N) is 1. The first kappa shape index (κ1) is 18.4. The van der Waals surface area contributed by atoms with Crippen molar-refractivity contribution in [3.05, 3.63) is 42.0 Å². The number of rotatable bonds is 5. The Labute approximate surface area is 154 Å². The zero-order chi connectivity index (χ0) is 18.9. The van der Waals surface area contributed by atoms with Crippen molar-refractivity contribution in [1.29, 1.82) is 0 Å². The number of ether oxygens (including phenoxy) is 2. The summed E-state index contributed by atoms with van der Waals surface area (Å²) in [4.78, 5) is 16.8. The van der Waals surface area contributed by atoms with Gasteiger partial charge in [-0.15, -0.1) is 0 Å². The number of anilines is 1. The fraction of sp³-hybridized carbons (Fsp3) is 0.429. The van der Waals surface area contributed by atoms with Crippen molar-refractivity contribution in [3.8, 4) is 17.0 Å². The number of hydrogen-bond donors (Lipinski definition) is 1. The fourth-order valence-electron chi connectivity index (χ4n) is 2.50. The normalized spacial score (nSPS) is 16.5. The molecule has 1 aromatic carbocycles. The number of nitrogens with one attached hydrogen (secondary N) is 1. The number of epoxide rings is 1. The summed E-state index contributed by atoms with van der Waals surface area (Å²) in [5.74, 6) is 1.24. The fourth-order valence-corrected chi connectivity index (χ4v) is 2.50. The molecule has 0 aliphatic carbocycles. The van der Waals surface area contributed by atoms with Gasteiger partial charge >= 0.3 is 0 Å². The monoisotopic (exact) mass is 354 g/mol. The van der Waals surface area contributed by atoms with Gasteiger partial charge in [-0.05, 0) is 43.7 Å². The molecule has 1 aromatic heterocycles. The minimum Gasteiger partial charge on any atom is -0.490 e. The number of benzene rings is 1. The number of carbonyl (C=O) groups excluding carboxylic acids is 1. The molecule has 5 nitrogen and oxygen atoms in total. The van der Waals surface area contributed by atoms with Crippen LogP contribution in [0.4, 0.5) is 5.82 Å². The molecule has 26 heavy (non-hydrogen) atoms. The van der Waals surface area contributed by atoms with E-state index in [0.717, 1.165) is 29.2 Å². The summed E-state index contributed by atoms with van der Waals surface area (Å²) in [6, 6.07) is 11.7. The molecule has 1 aliphatic rings. The lowest BCUT2D eigenvalue weighted by Gasteiger charge is -2.18. The molecular weight excluding hydrogens is 328 g/mol. The van der Waals surface area contributed by atoms with Gasteiger partial charge in [-0.2, -0.15) is 0 Å². The highest BCUT2D eigenvalue weighted by Crippen LogP contribution is 2.37. The second-order valence-corrected chi connectivity index (χ2v) is 7.86. The zero-order valence-electron chi connectivity index (χ0n) is 16.0. The van der Waals surface area contributed by atoms with E-state index in [0.29, 0.717) is 5.82 Å². The molecule has 2 aromatic rings. The summed E-state index contributed by atoms with van der Waals surface area (Å²) >= 11 is 0. The molecule has 0 saturated carbocycles. The number of amides is 1. The average Bonchev–Trinajstić information content (AvgIpc) is 3.38. The Morgan fingerprint density at radius 2 is 2.00 bits per heavy atom. The quantitative estimate of drug-likeness (QED) is 0.798. The van der Waals surface area contributed by atoms with E-state index in [2.05, 4.69) is 10.3 Å². The Bertz CT molecular complexity index is 805. The highest BCUT2D eigenvalue weighted by molar-refractivity contribution is 5.93. The summed E-state index contributed by atoms with van der Waals surface area (Å²) in [7, 11) is 0. The van der Waals surface area contributed by atoms with Gasteiger partial charge in [-0.25, -0.2) is 4.98 Å². The first-order valence-electron chi connectivity index (χ1n) is 8.95. The summed E-state index contributed by atoms with van der Waals surface area (Å²) < 4.78 is 11.4. The largest absolute Gasteiger partial charge is 0.490 e. The van der Waals surface area contributed by atoms with E-state index >= 15 is 0 Å². The molecule has 1 aliphatic heterocycles. The molecule has 1 fully saturated rings. The third-order valence-electron chi connectivity index (χ3n) is 4.02. The average molecular weight is 354 g/mol. The standard InChI is InChI=1S/C21H26N2O3/c1-13(2)26-17-11-14(18-12-25-18)9-10-15(17)16-7-6-8-19(22-16)23-20(24)21(3,4)5/h6-11,13,18H,12H2,1-5H3,(H,22,23,24). The maximum Gasteiger partial charge on any atom is 0.230 e. The lowest BCUT2D eigenvalue weighted by molar-refractivity contribution is -0.123. The van der Waals surface area contributed by atoms with E-state index in [-0.39, 0.29) is 18.1 Å². The minimum atomic E-state index is -0.477. The summed E-state index contributed by atoms with van der Waals surface area (Å²) in [5, 5.41) is 2.88. The van der Waals surface area contributed by atoms with Crippen LogP contribution in [-0.2, 0) is 9.53 Å². The highest BCUT2D eigenvalue weighted by Gasteiger charge is 2.26. The van der Waals surface area contributed by atoms with Gasteiger partial charge < -0.3 is 14.8 Å². The van der Waals surface area contributed by atoms with E-state index in [1.165, 1.54) is 0 Å². The van der Waals surface area contributed by atoms with Gasteiger partial charge in [0.15, 0.2) is 0 Å². The van der Waals surface area contributed by atoms with Crippen molar-refractivity contribution in [2.75, 3.05) is 11.9 Å². The topological polar surface area (TPSA) is 63.8 Å². The number of aromatic nitrogens is 1. The maximum absolute atomic E-state index is 12.2. The van der Waals surface area contributed by atoms with Gasteiger partial charge in [-0.1, -0.05) is 32.9 Å². The van der Waals surface area contributed by atoms with Crippen LogP contribution in [0.5, 0.6) is 5.75 Å². The van der Waals surface area contributed by atoms with E-state index in [1.54, 1.807) is 6.07 Å². The number of carbonyl (C=O) groups is 1. The first-order valence-corrected chi connectivity index (χ1v) is 8.95. The van der Waals surface area contributed by atoms with Crippen LogP contribution in [0.3, 0.4) is 0 Å². The van der Waals surface area contributed by atoms with Crippen LogP contribution >= 0.6 is 0 Å². The molecule has 2 heterocycles. The van der Waals surface area contributed by atoms with Crippen molar-refractivity contribution < 1.29 is 14.3 Å². The Hall–Kier alpha value is -2.40. The van der Waals surface area contributed by atoms with Crippen molar-refractivity contribution in [3.63, 3.8) is 0 Å². The maximum atomic E-state index is 12.2. The lowest BCUT2D eigenvalue weighted by Crippen LogP contribution is -2.28. The molecule has 0 bridgehead atoms. The van der Waals surface area contributed by atoms with Gasteiger partial charge in [0.2, 0.25) is 5.91 Å². The number of pyridine rings is 1. The summed E-state index contributed by atoms with van der Waals surface area (Å²) in [6.07, 6.45) is 0.219. The molecule has 1 amide bonds. The molecule has 1 unspecified atom stereocenters. The van der Waals surface area contributed by atoms with Gasteiger partial charge in [0.25, 0.3) is 0 Å². The molecule has 1 atom stereocenters. The predicted molar refractivity (Wildman–Crippen MR) is 102 cm³/mol. The molecule has 0 spiro atoms. The molecular formula is C21H26N2O3. The van der Waals surface area contributed by atoms with Gasteiger partial charge in [-0.3, -0.25) is 4.79 Å². The van der Waals surface area contributed by atoms with E-state index < -0.39 is 5.41 Å². The number of hydrogen-bond acceptors (Lipinski definition) is 4. The lowest BCUT2D eigenvalue weighted by atomic mass is 9.96. The van der Waals surface area contributed by atoms with Crippen molar-refractivity contribution in [2.24, 2.45) is 5.41 Å². The highest BCUT2D eigenvalue weighted by atomic mass is 16.6. The second kappa shape index (κ2) is 7.08. The molecule has 3 rings (SSSR count). The Morgan fingerprint density at radius 3 is 2.62 bits per heavy atom. The second-order valence-electron chi connectivity index (χ2n) is 7.86. The van der Waals surface area contributed by atoms with Crippen molar-refractivity contribution in [1.82, 2.24) is 4.98 Å². The van der Waals surface area contributed by atoms with E-state index in [9.17, 15) is 4.79 Å². The van der Waals surface area contributed by atoms with Crippen LogP contribution in [0.15, 0.2) is 36.4 Å². The zero-order valence-corrected chi connectivity index (χ0v) is 16.0. The summed E-state index contributed by atoms with van der Waals surface area (Å²) in [6.45, 7) is 10.4. The summed E-state index contributed by atoms with van der Waals surface area (Å²) in [5.41, 5.74) is 2.29. The molecule has 5 heteroatoms. The Kier molecular flexibility index (Phi) is 5.01. The predicted octanol–water partition coefficient (Wildman–Crippen LogP) is 4.59. The van der Waals surface area contributed by atoms with Crippen LogP contribution in [0.1, 0.15) is 46.3 Å². The molecule has 1 N–H and O–H groups in total. The van der Waals surface area contributed by atoms with E-state index in [4.69, 9.17) is 9.47 Å². The van der Waals surface area contributed by atoms with Crippen molar-refractivity contribution in [2.45, 2.75) is 46.8 Å². The third-order valence-corrected chi connectivity index (χ3v) is 4.02. The van der Waals surface area contributed by atoms with Crippen LogP contribution in [0.25, 0.3) is 11.3 Å². The van der Waals surface area contributed by atoms with Crippen molar-refractivity contribution >= 4 is 11.7 Å². The Morgan fingerprint density at radius 1 is 1.27 bits per heavy atom. The van der Waals surface area contributed by atoms with Crippen LogP contribution in [0, 0.1) is 5.41 Å². The first-order chi connectivity index (χ1) is 12.2. The van der Waals surface area contributed by atoms with Crippen LogP contribution < -0.4 is 10.1 Å². The molecule has 0 radical (unpaired) electrons.